The van der Waals surface area contributed by atoms with Crippen molar-refractivity contribution in [1.29, 1.82) is 0 Å². The van der Waals surface area contributed by atoms with Crippen LogP contribution in [-0.4, -0.2) is 33.3 Å². The first-order valence-electron chi connectivity index (χ1n) is 10.2. The van der Waals surface area contributed by atoms with Gasteiger partial charge in [-0.1, -0.05) is 29.8 Å². The van der Waals surface area contributed by atoms with E-state index in [9.17, 15) is 0 Å². The zero-order valence-corrected chi connectivity index (χ0v) is 18.3. The van der Waals surface area contributed by atoms with E-state index in [-0.39, 0.29) is 6.61 Å². The molecule has 4 aromatic rings. The second-order valence-electron chi connectivity index (χ2n) is 7.36. The van der Waals surface area contributed by atoms with Crippen molar-refractivity contribution in [3.05, 3.63) is 77.1 Å². The molecule has 0 aliphatic carbocycles. The lowest BCUT2D eigenvalue weighted by atomic mass is 10.0. The van der Waals surface area contributed by atoms with Crippen molar-refractivity contribution in [1.82, 2.24) is 15.0 Å². The number of pyridine rings is 1. The quantitative estimate of drug-likeness (QED) is 0.359. The summed E-state index contributed by atoms with van der Waals surface area (Å²) in [6, 6.07) is 15.6. The molecule has 158 valence electrons. The van der Waals surface area contributed by atoms with Crippen LogP contribution in [0.4, 0.5) is 0 Å². The average Bonchev–Trinajstić information content (AvgIpc) is 3.21. The standard InChI is InChI=1S/C25H24ClN3O2/c1-16-4-9-21(31-15-3-14-30)17(2)22(16)25-28-23(18-5-7-20(26)8-6-18)24(29-25)19-10-12-27-13-11-19/h4-13,30H,3,14-15H2,1-2H3,(H,28,29). The topological polar surface area (TPSA) is 71.0 Å². The zero-order valence-electron chi connectivity index (χ0n) is 17.5. The maximum Gasteiger partial charge on any atom is 0.139 e. The average molecular weight is 434 g/mol. The van der Waals surface area contributed by atoms with Crippen LogP contribution in [0.25, 0.3) is 33.9 Å². The third-order valence-electron chi connectivity index (χ3n) is 5.21. The molecule has 2 aromatic heterocycles. The van der Waals surface area contributed by atoms with E-state index in [0.717, 1.165) is 50.8 Å². The Morgan fingerprint density at radius 1 is 0.968 bits per heavy atom. The maximum atomic E-state index is 9.05. The second kappa shape index (κ2) is 9.33. The van der Waals surface area contributed by atoms with E-state index in [1.54, 1.807) is 12.4 Å². The molecule has 0 aliphatic rings. The first-order chi connectivity index (χ1) is 15.1. The predicted octanol–water partition coefficient (Wildman–Crippen LogP) is 5.84. The first kappa shape index (κ1) is 21.1. The van der Waals surface area contributed by atoms with Gasteiger partial charge in [0.2, 0.25) is 0 Å². The predicted molar refractivity (Wildman–Crippen MR) is 124 cm³/mol. The summed E-state index contributed by atoms with van der Waals surface area (Å²) in [5.41, 5.74) is 6.87. The lowest BCUT2D eigenvalue weighted by molar-refractivity contribution is 0.233. The summed E-state index contributed by atoms with van der Waals surface area (Å²) >= 11 is 6.10. The molecule has 0 aliphatic heterocycles. The van der Waals surface area contributed by atoms with Crippen molar-refractivity contribution >= 4 is 11.6 Å². The Hall–Kier alpha value is -3.15. The number of imidazole rings is 1. The Kier molecular flexibility index (Phi) is 6.35. The molecule has 31 heavy (non-hydrogen) atoms. The SMILES string of the molecule is Cc1ccc(OCCCO)c(C)c1-c1nc(-c2ccc(Cl)cc2)c(-c2ccncc2)[nH]1. The van der Waals surface area contributed by atoms with Gasteiger partial charge >= 0.3 is 0 Å². The highest BCUT2D eigenvalue weighted by molar-refractivity contribution is 6.30. The number of aromatic nitrogens is 3. The molecule has 5 nitrogen and oxygen atoms in total. The van der Waals surface area contributed by atoms with E-state index in [1.807, 2.05) is 55.5 Å². The molecule has 2 heterocycles. The highest BCUT2D eigenvalue weighted by atomic mass is 35.5. The number of nitrogens with one attached hydrogen (secondary N) is 1. The first-order valence-corrected chi connectivity index (χ1v) is 10.6. The van der Waals surface area contributed by atoms with Crippen molar-refractivity contribution in [2.75, 3.05) is 13.2 Å². The van der Waals surface area contributed by atoms with Gasteiger partial charge in [-0.15, -0.1) is 0 Å². The molecule has 4 rings (SSSR count). The minimum absolute atomic E-state index is 0.107. The third kappa shape index (κ3) is 4.48. The molecule has 0 fully saturated rings. The van der Waals surface area contributed by atoms with Crippen molar-refractivity contribution in [2.45, 2.75) is 20.3 Å². The summed E-state index contributed by atoms with van der Waals surface area (Å²) in [5.74, 6) is 1.57. The van der Waals surface area contributed by atoms with Crippen molar-refractivity contribution in [2.24, 2.45) is 0 Å². The fraction of sp³-hybridized carbons (Fsp3) is 0.200. The van der Waals surface area contributed by atoms with Gasteiger partial charge in [0.25, 0.3) is 0 Å². The summed E-state index contributed by atoms with van der Waals surface area (Å²) in [4.78, 5) is 12.7. The molecule has 0 saturated heterocycles. The van der Waals surface area contributed by atoms with Gasteiger partial charge < -0.3 is 14.8 Å². The van der Waals surface area contributed by atoms with Gasteiger partial charge in [-0.2, -0.15) is 0 Å². The minimum Gasteiger partial charge on any atom is -0.493 e. The molecule has 0 saturated carbocycles. The number of benzene rings is 2. The van der Waals surface area contributed by atoms with Gasteiger partial charge in [0.1, 0.15) is 11.6 Å². The van der Waals surface area contributed by atoms with E-state index in [1.165, 1.54) is 0 Å². The van der Waals surface area contributed by atoms with Crippen LogP contribution in [0.15, 0.2) is 60.9 Å². The molecular weight excluding hydrogens is 410 g/mol. The Labute approximate surface area is 186 Å². The van der Waals surface area contributed by atoms with E-state index in [0.29, 0.717) is 18.1 Å². The number of aromatic amines is 1. The maximum absolute atomic E-state index is 9.05. The van der Waals surface area contributed by atoms with Gasteiger partial charge in [0.05, 0.1) is 18.0 Å². The number of H-pyrrole nitrogens is 1. The lowest BCUT2D eigenvalue weighted by Crippen LogP contribution is -2.02. The molecule has 0 amide bonds. The Morgan fingerprint density at radius 3 is 2.42 bits per heavy atom. The molecule has 0 radical (unpaired) electrons. The van der Waals surface area contributed by atoms with E-state index < -0.39 is 0 Å². The van der Waals surface area contributed by atoms with Crippen LogP contribution in [0.5, 0.6) is 5.75 Å². The van der Waals surface area contributed by atoms with E-state index in [2.05, 4.69) is 16.9 Å². The molecule has 2 N–H and O–H groups in total. The number of aryl methyl sites for hydroxylation is 1. The van der Waals surface area contributed by atoms with Crippen molar-refractivity contribution < 1.29 is 9.84 Å². The van der Waals surface area contributed by atoms with Crippen LogP contribution >= 0.6 is 11.6 Å². The van der Waals surface area contributed by atoms with Gasteiger partial charge in [0.15, 0.2) is 0 Å². The number of hydrogen-bond acceptors (Lipinski definition) is 4. The van der Waals surface area contributed by atoms with Crippen LogP contribution in [0.2, 0.25) is 5.02 Å². The number of nitrogens with zero attached hydrogens (tertiary/aromatic N) is 2. The molecule has 0 bridgehead atoms. The molecule has 0 atom stereocenters. The number of aliphatic hydroxyl groups is 1. The number of ether oxygens (including phenoxy) is 1. The fourth-order valence-corrected chi connectivity index (χ4v) is 3.76. The normalized spacial score (nSPS) is 11.0. The summed E-state index contributed by atoms with van der Waals surface area (Å²) in [6.07, 6.45) is 4.14. The van der Waals surface area contributed by atoms with E-state index in [4.69, 9.17) is 26.4 Å². The lowest BCUT2D eigenvalue weighted by Gasteiger charge is -2.13. The van der Waals surface area contributed by atoms with Crippen molar-refractivity contribution in [3.8, 4) is 39.7 Å². The number of aliphatic hydroxyl groups excluding tert-OH is 1. The number of rotatable bonds is 7. The van der Waals surface area contributed by atoms with Gasteiger partial charge in [0, 0.05) is 52.7 Å². The molecule has 2 aromatic carbocycles. The highest BCUT2D eigenvalue weighted by Gasteiger charge is 2.19. The zero-order chi connectivity index (χ0) is 21.8. The molecular formula is C25H24ClN3O2. The largest absolute Gasteiger partial charge is 0.493 e. The minimum atomic E-state index is 0.107. The van der Waals surface area contributed by atoms with Crippen molar-refractivity contribution in [3.63, 3.8) is 0 Å². The van der Waals surface area contributed by atoms with Gasteiger partial charge in [-0.3, -0.25) is 4.98 Å². The van der Waals surface area contributed by atoms with Crippen LogP contribution in [0.3, 0.4) is 0 Å². The Balaban J connectivity index is 1.85. The monoisotopic (exact) mass is 433 g/mol. The van der Waals surface area contributed by atoms with Gasteiger partial charge in [-0.25, -0.2) is 4.98 Å². The number of halogens is 1. The van der Waals surface area contributed by atoms with Crippen LogP contribution in [0, 0.1) is 13.8 Å². The highest BCUT2D eigenvalue weighted by Crippen LogP contribution is 2.37. The number of hydrogen-bond donors (Lipinski definition) is 2. The Morgan fingerprint density at radius 2 is 1.71 bits per heavy atom. The summed E-state index contributed by atoms with van der Waals surface area (Å²) in [6.45, 7) is 4.68. The van der Waals surface area contributed by atoms with Crippen LogP contribution < -0.4 is 4.74 Å². The Bertz CT molecular complexity index is 1170. The summed E-state index contributed by atoms with van der Waals surface area (Å²) in [7, 11) is 0. The van der Waals surface area contributed by atoms with Crippen LogP contribution in [0.1, 0.15) is 17.5 Å². The molecule has 0 spiro atoms. The van der Waals surface area contributed by atoms with Gasteiger partial charge in [-0.05, 0) is 49.7 Å². The smallest absolute Gasteiger partial charge is 0.139 e. The fourth-order valence-electron chi connectivity index (χ4n) is 3.63. The molecule has 0 unspecified atom stereocenters. The van der Waals surface area contributed by atoms with E-state index >= 15 is 0 Å². The summed E-state index contributed by atoms with van der Waals surface area (Å²) < 4.78 is 5.89. The van der Waals surface area contributed by atoms with Crippen LogP contribution in [-0.2, 0) is 0 Å². The third-order valence-corrected chi connectivity index (χ3v) is 5.46. The molecule has 6 heteroatoms. The second-order valence-corrected chi connectivity index (χ2v) is 7.79. The summed E-state index contributed by atoms with van der Waals surface area (Å²) in [5, 5.41) is 9.73.